The Balaban J connectivity index is 1.54. The Bertz CT molecular complexity index is 901. The highest BCUT2D eigenvalue weighted by atomic mass is 16.7. The molecule has 2 aliphatic carbocycles. The molecule has 0 radical (unpaired) electrons. The molecule has 0 aromatic heterocycles. The summed E-state index contributed by atoms with van der Waals surface area (Å²) in [5, 5.41) is 68.9. The summed E-state index contributed by atoms with van der Waals surface area (Å²) in [4.78, 5) is 13.0. The van der Waals surface area contributed by atoms with E-state index in [9.17, 15) is 35.4 Å². The Morgan fingerprint density at radius 1 is 0.905 bits per heavy atom. The molecule has 2 saturated carbocycles. The van der Waals surface area contributed by atoms with Gasteiger partial charge in [0.05, 0.1) is 36.9 Å². The third kappa shape index (κ3) is 7.06. The number of hydrogen-bond acceptors (Lipinski definition) is 16. The Kier molecular flexibility index (Phi) is 11.2. The lowest BCUT2D eigenvalue weighted by Gasteiger charge is -2.49. The van der Waals surface area contributed by atoms with Gasteiger partial charge in [0.25, 0.3) is 5.91 Å². The maximum absolute atomic E-state index is 13.0. The highest BCUT2D eigenvalue weighted by Crippen LogP contribution is 2.34. The van der Waals surface area contributed by atoms with Crippen LogP contribution in [0.5, 0.6) is 0 Å². The van der Waals surface area contributed by atoms with Crippen molar-refractivity contribution < 1.29 is 54.4 Å². The fourth-order valence-corrected chi connectivity index (χ4v) is 6.08. The van der Waals surface area contributed by atoms with E-state index in [0.29, 0.717) is 13.1 Å². The summed E-state index contributed by atoms with van der Waals surface area (Å²) in [6.45, 7) is 2.26. The fourth-order valence-electron chi connectivity index (χ4n) is 6.08. The van der Waals surface area contributed by atoms with E-state index in [1.165, 1.54) is 0 Å². The number of carbonyl (C=O) groups is 1. The predicted octanol–water partition coefficient (Wildman–Crippen LogP) is -6.64. The summed E-state index contributed by atoms with van der Waals surface area (Å²) in [7, 11) is 0. The molecule has 17 heteroatoms. The lowest BCUT2D eigenvalue weighted by Crippen LogP contribution is -2.70. The number of aliphatic hydroxyl groups is 6. The molecule has 0 spiro atoms. The van der Waals surface area contributed by atoms with Gasteiger partial charge in [-0.1, -0.05) is 6.92 Å². The Morgan fingerprint density at radius 2 is 1.55 bits per heavy atom. The van der Waals surface area contributed by atoms with Gasteiger partial charge in [-0.15, -0.1) is 0 Å². The van der Waals surface area contributed by atoms with Crippen LogP contribution in [0.15, 0.2) is 0 Å². The van der Waals surface area contributed by atoms with E-state index >= 15 is 0 Å². The van der Waals surface area contributed by atoms with Crippen molar-refractivity contribution in [1.82, 2.24) is 10.6 Å². The Hall–Kier alpha value is -1.13. The molecule has 4 fully saturated rings. The van der Waals surface area contributed by atoms with Gasteiger partial charge in [0.1, 0.15) is 42.2 Å². The molecule has 0 aromatic carbocycles. The number of nitrogens with two attached hydrogens (primary N) is 4. The lowest BCUT2D eigenvalue weighted by atomic mass is 9.75. The summed E-state index contributed by atoms with van der Waals surface area (Å²) in [5.74, 6) is -0.732. The van der Waals surface area contributed by atoms with E-state index in [2.05, 4.69) is 10.6 Å². The Morgan fingerprint density at radius 3 is 2.17 bits per heavy atom. The van der Waals surface area contributed by atoms with Crippen molar-refractivity contribution in [2.45, 2.75) is 130 Å². The van der Waals surface area contributed by atoms with E-state index in [-0.39, 0.29) is 31.7 Å². The zero-order chi connectivity index (χ0) is 30.9. The number of carbonyl (C=O) groups excluding carboxylic acids is 1. The van der Waals surface area contributed by atoms with Crippen molar-refractivity contribution in [3.8, 4) is 0 Å². The van der Waals surface area contributed by atoms with Crippen LogP contribution in [0, 0.1) is 0 Å². The van der Waals surface area contributed by atoms with Crippen LogP contribution in [0.3, 0.4) is 0 Å². The van der Waals surface area contributed by atoms with Crippen LogP contribution in [0.25, 0.3) is 0 Å². The number of amides is 1. The number of hydrogen-bond donors (Lipinski definition) is 12. The second-order valence-electron chi connectivity index (χ2n) is 12.0. The van der Waals surface area contributed by atoms with Crippen LogP contribution in [-0.2, 0) is 23.7 Å². The summed E-state index contributed by atoms with van der Waals surface area (Å²) < 4.78 is 23.5. The molecule has 0 bridgehead atoms. The molecule has 16 N–H and O–H groups in total. The SMILES string of the molecule is CCNC[C@H]1O[C@H](OC2[C@@H](N)C[C@@H](NC(=O)C3(O)CC(N)C3)[C@H](O[C@H]3O[C@H](CO)[C@@H](O)[C@H](N)[C@H]3O)[C@H]2O)[C@H](N)C[C@@H]1O. The molecule has 4 aliphatic rings. The molecule has 2 heterocycles. The van der Waals surface area contributed by atoms with Gasteiger partial charge >= 0.3 is 0 Å². The summed E-state index contributed by atoms with van der Waals surface area (Å²) >= 11 is 0. The lowest BCUT2D eigenvalue weighted by molar-refractivity contribution is -0.316. The monoisotopic (exact) mass is 608 g/mol. The largest absolute Gasteiger partial charge is 0.394 e. The van der Waals surface area contributed by atoms with Crippen LogP contribution >= 0.6 is 0 Å². The third-order valence-electron chi connectivity index (χ3n) is 8.67. The van der Waals surface area contributed by atoms with Gasteiger partial charge in [0.2, 0.25) is 0 Å². The second-order valence-corrected chi connectivity index (χ2v) is 12.0. The number of nitrogens with one attached hydrogen (secondary N) is 2. The molecule has 17 nitrogen and oxygen atoms in total. The van der Waals surface area contributed by atoms with Gasteiger partial charge < -0.3 is 83.2 Å². The second kappa shape index (κ2) is 13.9. The van der Waals surface area contributed by atoms with Crippen LogP contribution < -0.4 is 33.6 Å². The number of likely N-dealkylation sites (N-methyl/N-ethyl adjacent to an activating group) is 1. The van der Waals surface area contributed by atoms with Crippen molar-refractivity contribution in [1.29, 1.82) is 0 Å². The first kappa shape index (κ1) is 33.8. The highest BCUT2D eigenvalue weighted by Gasteiger charge is 2.53. The molecule has 14 atom stereocenters. The van der Waals surface area contributed by atoms with Gasteiger partial charge in [-0.2, -0.15) is 0 Å². The molecule has 42 heavy (non-hydrogen) atoms. The van der Waals surface area contributed by atoms with Crippen molar-refractivity contribution in [3.63, 3.8) is 0 Å². The van der Waals surface area contributed by atoms with Gasteiger partial charge in [-0.3, -0.25) is 4.79 Å². The third-order valence-corrected chi connectivity index (χ3v) is 8.67. The number of rotatable bonds is 10. The summed E-state index contributed by atoms with van der Waals surface area (Å²) in [6, 6.07) is -4.23. The summed E-state index contributed by atoms with van der Waals surface area (Å²) in [6.07, 6.45) is -12.0. The zero-order valence-electron chi connectivity index (χ0n) is 23.6. The molecule has 0 aromatic rings. The molecule has 2 saturated heterocycles. The van der Waals surface area contributed by atoms with E-state index in [4.69, 9.17) is 41.9 Å². The first-order valence-corrected chi connectivity index (χ1v) is 14.5. The smallest absolute Gasteiger partial charge is 0.252 e. The van der Waals surface area contributed by atoms with E-state index in [0.717, 1.165) is 0 Å². The molecule has 1 amide bonds. The van der Waals surface area contributed by atoms with Crippen molar-refractivity contribution >= 4 is 5.91 Å². The molecular formula is C25H48N6O11. The molecule has 1 unspecified atom stereocenters. The van der Waals surface area contributed by atoms with Crippen LogP contribution in [0.2, 0.25) is 0 Å². The normalized spacial score (nSPS) is 49.7. The molecule has 2 aliphatic heterocycles. The minimum Gasteiger partial charge on any atom is -0.394 e. The quantitative estimate of drug-likeness (QED) is 0.110. The predicted molar refractivity (Wildman–Crippen MR) is 144 cm³/mol. The standard InChI is InChI=1S/C25H48N6O11/c1-2-30-7-14-13(33)4-11(28)22(39-14)41-20-10(27)3-12(31-24(37)25(38)5-9(26)6-25)21(19(20)36)42-23-18(35)16(29)17(34)15(8-32)40-23/h9-23,30,32-36,38H,2-8,26-29H2,1H3,(H,31,37)/t9?,10-,11+,12+,13-,14+,15+,16-,17+,18+,19-,20?,21-,22+,23+,25?/m0/s1. The topological polar surface area (TPSA) is 304 Å². The molecule has 4 rings (SSSR count). The van der Waals surface area contributed by atoms with Crippen LogP contribution in [0.4, 0.5) is 0 Å². The first-order valence-electron chi connectivity index (χ1n) is 14.5. The minimum absolute atomic E-state index is 0.00735. The van der Waals surface area contributed by atoms with Gasteiger partial charge in [-0.05, 0) is 19.4 Å². The van der Waals surface area contributed by atoms with Gasteiger partial charge in [0.15, 0.2) is 12.6 Å². The maximum atomic E-state index is 13.0. The van der Waals surface area contributed by atoms with E-state index < -0.39 is 104 Å². The summed E-state index contributed by atoms with van der Waals surface area (Å²) in [5.41, 5.74) is 22.6. The van der Waals surface area contributed by atoms with Crippen LogP contribution in [-0.4, -0.2) is 153 Å². The average molecular weight is 609 g/mol. The van der Waals surface area contributed by atoms with Crippen molar-refractivity contribution in [2.75, 3.05) is 19.7 Å². The van der Waals surface area contributed by atoms with E-state index in [1.54, 1.807) is 0 Å². The molecular weight excluding hydrogens is 560 g/mol. The maximum Gasteiger partial charge on any atom is 0.252 e. The molecule has 244 valence electrons. The van der Waals surface area contributed by atoms with Gasteiger partial charge in [0, 0.05) is 31.5 Å². The van der Waals surface area contributed by atoms with Gasteiger partial charge in [-0.25, -0.2) is 0 Å². The minimum atomic E-state index is -1.70. The van der Waals surface area contributed by atoms with Crippen molar-refractivity contribution in [3.05, 3.63) is 0 Å². The first-order chi connectivity index (χ1) is 19.8. The Labute approximate surface area is 243 Å². The fraction of sp³-hybridized carbons (Fsp3) is 0.960. The zero-order valence-corrected chi connectivity index (χ0v) is 23.6. The highest BCUT2D eigenvalue weighted by molar-refractivity contribution is 5.86. The number of ether oxygens (including phenoxy) is 4. The van der Waals surface area contributed by atoms with Crippen molar-refractivity contribution in [2.24, 2.45) is 22.9 Å². The van der Waals surface area contributed by atoms with Crippen LogP contribution in [0.1, 0.15) is 32.6 Å². The average Bonchev–Trinajstić information content (AvgIpc) is 2.92. The number of aliphatic hydroxyl groups excluding tert-OH is 5. The van der Waals surface area contributed by atoms with E-state index in [1.807, 2.05) is 6.92 Å².